The van der Waals surface area contributed by atoms with E-state index in [1.165, 1.54) is 12.8 Å². The van der Waals surface area contributed by atoms with Crippen LogP contribution >= 0.6 is 0 Å². The van der Waals surface area contributed by atoms with Gasteiger partial charge in [-0.1, -0.05) is 19.8 Å². The van der Waals surface area contributed by atoms with Gasteiger partial charge in [0.05, 0.1) is 0 Å². The van der Waals surface area contributed by atoms with Crippen LogP contribution in [0.5, 0.6) is 0 Å². The van der Waals surface area contributed by atoms with Crippen molar-refractivity contribution in [2.45, 2.75) is 51.9 Å². The normalized spacial score (nSPS) is 21.6. The Kier molecular flexibility index (Phi) is 5.23. The summed E-state index contributed by atoms with van der Waals surface area (Å²) in [5.74, 6) is 0.893. The molecule has 2 rings (SSSR count). The fraction of sp³-hybridized carbons (Fsp3) is 0.867. The Hall–Kier alpha value is -1.06. The van der Waals surface area contributed by atoms with E-state index < -0.39 is 0 Å². The predicted molar refractivity (Wildman–Crippen MR) is 74.6 cm³/mol. The van der Waals surface area contributed by atoms with E-state index >= 15 is 0 Å². The summed E-state index contributed by atoms with van der Waals surface area (Å²) in [5, 5.41) is 2.96. The Labute approximate surface area is 115 Å². The van der Waals surface area contributed by atoms with E-state index in [4.69, 9.17) is 0 Å². The summed E-state index contributed by atoms with van der Waals surface area (Å²) in [6.45, 7) is 4.35. The number of carbonyl (C=O) groups excluding carboxylic acids is 2. The molecule has 1 aliphatic heterocycles. The van der Waals surface area contributed by atoms with Crippen molar-refractivity contribution in [3.8, 4) is 0 Å². The van der Waals surface area contributed by atoms with Gasteiger partial charge in [-0.25, -0.2) is 0 Å². The first-order valence-corrected chi connectivity index (χ1v) is 7.79. The zero-order valence-corrected chi connectivity index (χ0v) is 12.0. The van der Waals surface area contributed by atoms with Crippen LogP contribution in [0.2, 0.25) is 0 Å². The van der Waals surface area contributed by atoms with Gasteiger partial charge in [-0.15, -0.1) is 0 Å². The first-order valence-electron chi connectivity index (χ1n) is 7.79. The van der Waals surface area contributed by atoms with Gasteiger partial charge in [0.1, 0.15) is 0 Å². The van der Waals surface area contributed by atoms with Gasteiger partial charge in [0.15, 0.2) is 0 Å². The molecule has 4 nitrogen and oxygen atoms in total. The maximum Gasteiger partial charge on any atom is 0.225 e. The molecule has 1 aliphatic carbocycles. The Balaban J connectivity index is 1.75. The molecule has 0 spiro atoms. The first-order chi connectivity index (χ1) is 9.22. The molecule has 4 heteroatoms. The zero-order valence-electron chi connectivity index (χ0n) is 12.0. The number of amides is 2. The third-order valence-electron chi connectivity index (χ3n) is 4.43. The molecule has 1 saturated carbocycles. The Bertz CT molecular complexity index is 316. The highest BCUT2D eigenvalue weighted by Gasteiger charge is 2.31. The van der Waals surface area contributed by atoms with E-state index in [9.17, 15) is 9.59 Å². The molecule has 0 aromatic rings. The molecule has 1 saturated heterocycles. The molecular weight excluding hydrogens is 240 g/mol. The van der Waals surface area contributed by atoms with Gasteiger partial charge in [-0.05, 0) is 32.1 Å². The van der Waals surface area contributed by atoms with E-state index in [-0.39, 0.29) is 17.7 Å². The monoisotopic (exact) mass is 266 g/mol. The minimum absolute atomic E-state index is 0.110. The highest BCUT2D eigenvalue weighted by Crippen LogP contribution is 2.28. The Morgan fingerprint density at radius 3 is 2.26 bits per heavy atom. The van der Waals surface area contributed by atoms with Gasteiger partial charge >= 0.3 is 0 Å². The third-order valence-corrected chi connectivity index (χ3v) is 4.43. The van der Waals surface area contributed by atoms with Crippen LogP contribution in [0, 0.1) is 11.8 Å². The minimum Gasteiger partial charge on any atom is -0.356 e. The van der Waals surface area contributed by atoms with E-state index in [0.29, 0.717) is 5.91 Å². The van der Waals surface area contributed by atoms with Crippen molar-refractivity contribution in [3.05, 3.63) is 0 Å². The summed E-state index contributed by atoms with van der Waals surface area (Å²) in [5.41, 5.74) is 0. The van der Waals surface area contributed by atoms with Crippen molar-refractivity contribution in [2.75, 3.05) is 19.6 Å². The van der Waals surface area contributed by atoms with Crippen molar-refractivity contribution < 1.29 is 9.59 Å². The molecule has 2 amide bonds. The maximum atomic E-state index is 12.3. The largest absolute Gasteiger partial charge is 0.356 e. The van der Waals surface area contributed by atoms with Crippen molar-refractivity contribution in [3.63, 3.8) is 0 Å². The summed E-state index contributed by atoms with van der Waals surface area (Å²) in [4.78, 5) is 26.1. The van der Waals surface area contributed by atoms with Crippen LogP contribution < -0.4 is 5.32 Å². The molecule has 19 heavy (non-hydrogen) atoms. The van der Waals surface area contributed by atoms with Gasteiger partial charge in [0, 0.05) is 31.5 Å². The van der Waals surface area contributed by atoms with Gasteiger partial charge in [-0.2, -0.15) is 0 Å². The van der Waals surface area contributed by atoms with Crippen molar-refractivity contribution in [1.29, 1.82) is 0 Å². The standard InChI is InChI=1S/C15H26N2O2/c1-2-9-16-14(18)12-7-10-17(11-8-12)15(19)13-5-3-4-6-13/h12-13H,2-11H2,1H3,(H,16,18). The number of nitrogens with zero attached hydrogens (tertiary/aromatic N) is 1. The maximum absolute atomic E-state index is 12.3. The predicted octanol–water partition coefficient (Wildman–Crippen LogP) is 1.94. The molecule has 1 N–H and O–H groups in total. The van der Waals surface area contributed by atoms with Gasteiger partial charge in [0.2, 0.25) is 11.8 Å². The highest BCUT2D eigenvalue weighted by atomic mass is 16.2. The molecule has 0 aromatic carbocycles. The second kappa shape index (κ2) is 6.92. The molecule has 2 aliphatic rings. The number of nitrogens with one attached hydrogen (secondary N) is 1. The molecule has 0 radical (unpaired) electrons. The number of hydrogen-bond acceptors (Lipinski definition) is 2. The number of piperidine rings is 1. The summed E-state index contributed by atoms with van der Waals surface area (Å²) in [7, 11) is 0. The summed E-state index contributed by atoms with van der Waals surface area (Å²) >= 11 is 0. The smallest absolute Gasteiger partial charge is 0.225 e. The Morgan fingerprint density at radius 2 is 1.68 bits per heavy atom. The first kappa shape index (κ1) is 14.4. The van der Waals surface area contributed by atoms with Crippen molar-refractivity contribution >= 4 is 11.8 Å². The van der Waals surface area contributed by atoms with Crippen molar-refractivity contribution in [1.82, 2.24) is 10.2 Å². The lowest BCUT2D eigenvalue weighted by molar-refractivity contribution is -0.139. The Morgan fingerprint density at radius 1 is 1.05 bits per heavy atom. The van der Waals surface area contributed by atoms with Crippen LogP contribution in [0.25, 0.3) is 0 Å². The SMILES string of the molecule is CCCNC(=O)C1CCN(C(=O)C2CCCC2)CC1. The fourth-order valence-electron chi connectivity index (χ4n) is 3.19. The number of hydrogen-bond donors (Lipinski definition) is 1. The topological polar surface area (TPSA) is 49.4 Å². The lowest BCUT2D eigenvalue weighted by atomic mass is 9.94. The highest BCUT2D eigenvalue weighted by molar-refractivity contribution is 5.81. The molecule has 0 atom stereocenters. The molecule has 2 fully saturated rings. The summed E-state index contributed by atoms with van der Waals surface area (Å²) < 4.78 is 0. The molecule has 108 valence electrons. The average Bonchev–Trinajstić information content (AvgIpc) is 2.98. The summed E-state index contributed by atoms with van der Waals surface area (Å²) in [6.07, 6.45) is 7.16. The van der Waals surface area contributed by atoms with Crippen LogP contribution in [-0.4, -0.2) is 36.3 Å². The van der Waals surface area contributed by atoms with E-state index in [0.717, 1.165) is 51.7 Å². The van der Waals surface area contributed by atoms with E-state index in [1.807, 2.05) is 4.90 Å². The van der Waals surface area contributed by atoms with Crippen LogP contribution in [0.3, 0.4) is 0 Å². The molecular formula is C15H26N2O2. The fourth-order valence-corrected chi connectivity index (χ4v) is 3.19. The van der Waals surface area contributed by atoms with Crippen LogP contribution in [0.15, 0.2) is 0 Å². The molecule has 0 bridgehead atoms. The number of carbonyl (C=O) groups is 2. The van der Waals surface area contributed by atoms with Crippen molar-refractivity contribution in [2.24, 2.45) is 11.8 Å². The summed E-state index contributed by atoms with van der Waals surface area (Å²) in [6, 6.07) is 0. The van der Waals surface area contributed by atoms with Gasteiger partial charge in [-0.3, -0.25) is 9.59 Å². The molecule has 0 aromatic heterocycles. The number of rotatable bonds is 4. The lowest BCUT2D eigenvalue weighted by Crippen LogP contribution is -2.44. The van der Waals surface area contributed by atoms with Gasteiger partial charge in [0.25, 0.3) is 0 Å². The van der Waals surface area contributed by atoms with Gasteiger partial charge < -0.3 is 10.2 Å². The van der Waals surface area contributed by atoms with E-state index in [2.05, 4.69) is 12.2 Å². The third kappa shape index (κ3) is 3.71. The van der Waals surface area contributed by atoms with Crippen LogP contribution in [-0.2, 0) is 9.59 Å². The average molecular weight is 266 g/mol. The quantitative estimate of drug-likeness (QED) is 0.845. The lowest BCUT2D eigenvalue weighted by Gasteiger charge is -2.33. The second-order valence-electron chi connectivity index (χ2n) is 5.87. The zero-order chi connectivity index (χ0) is 13.7. The number of likely N-dealkylation sites (tertiary alicyclic amines) is 1. The minimum atomic E-state index is 0.110. The second-order valence-corrected chi connectivity index (χ2v) is 5.87. The molecule has 0 unspecified atom stereocenters. The molecule has 1 heterocycles. The van der Waals surface area contributed by atoms with Crippen LogP contribution in [0.1, 0.15) is 51.9 Å². The van der Waals surface area contributed by atoms with E-state index in [1.54, 1.807) is 0 Å². The van der Waals surface area contributed by atoms with Crippen LogP contribution in [0.4, 0.5) is 0 Å².